The summed E-state index contributed by atoms with van der Waals surface area (Å²) >= 11 is 0. The SMILES string of the molecule is CCCC(NC(=O)[C@@H]1C[C@]2(CN1C(=O)[C@@H](NC(=O)[C@@H](NC(=O)c1cnccn1)C1CCCCC1)C(C)(C)C)N(CC)CC(=O)N2CC)C(=O)C(=O)NC1CC1. The van der Waals surface area contributed by atoms with Crippen molar-refractivity contribution < 1.29 is 33.6 Å². The van der Waals surface area contributed by atoms with E-state index in [0.29, 0.717) is 32.4 Å². The van der Waals surface area contributed by atoms with Crippen LogP contribution < -0.4 is 21.3 Å². The van der Waals surface area contributed by atoms with Crippen LogP contribution in [0.4, 0.5) is 0 Å². The summed E-state index contributed by atoms with van der Waals surface area (Å²) in [4.78, 5) is 110. The normalized spacial score (nSPS) is 23.6. The molecule has 5 atom stereocenters. The molecule has 0 aromatic carbocycles. The maximum atomic E-state index is 15.1. The Balaban J connectivity index is 1.46. The molecule has 16 nitrogen and oxygen atoms in total. The van der Waals surface area contributed by atoms with Crippen molar-refractivity contribution in [3.63, 3.8) is 0 Å². The molecular formula is C39H59N9O7. The lowest BCUT2D eigenvalue weighted by Crippen LogP contribution is -2.62. The molecule has 4 N–H and O–H groups in total. The minimum absolute atomic E-state index is 0.0101. The lowest BCUT2D eigenvalue weighted by Gasteiger charge is -2.40. The fourth-order valence-electron chi connectivity index (χ4n) is 8.44. The third-order valence-corrected chi connectivity index (χ3v) is 11.6. The van der Waals surface area contributed by atoms with Gasteiger partial charge in [0.25, 0.3) is 11.8 Å². The molecule has 1 aromatic heterocycles. The van der Waals surface area contributed by atoms with Gasteiger partial charge in [-0.1, -0.05) is 60.3 Å². The molecule has 55 heavy (non-hydrogen) atoms. The van der Waals surface area contributed by atoms with E-state index in [2.05, 4.69) is 31.2 Å². The van der Waals surface area contributed by atoms with Crippen molar-refractivity contribution in [2.75, 3.05) is 26.2 Å². The highest BCUT2D eigenvalue weighted by molar-refractivity contribution is 6.38. The third-order valence-electron chi connectivity index (χ3n) is 11.6. The van der Waals surface area contributed by atoms with Gasteiger partial charge < -0.3 is 31.1 Å². The first-order valence-electron chi connectivity index (χ1n) is 20.0. The Labute approximate surface area is 323 Å². The van der Waals surface area contributed by atoms with Crippen LogP contribution in [0.1, 0.15) is 116 Å². The van der Waals surface area contributed by atoms with Crippen LogP contribution >= 0.6 is 0 Å². The summed E-state index contributed by atoms with van der Waals surface area (Å²) in [5.74, 6) is -4.01. The van der Waals surface area contributed by atoms with Crippen LogP contribution in [0.5, 0.6) is 0 Å². The molecule has 2 saturated carbocycles. The van der Waals surface area contributed by atoms with E-state index in [0.717, 1.165) is 32.1 Å². The molecule has 6 amide bonds. The molecular weight excluding hydrogens is 706 g/mol. The molecule has 0 bridgehead atoms. The predicted octanol–water partition coefficient (Wildman–Crippen LogP) is 1.30. The molecule has 4 aliphatic rings. The number of carbonyl (C=O) groups excluding carboxylic acids is 7. The minimum Gasteiger partial charge on any atom is -0.347 e. The van der Waals surface area contributed by atoms with Gasteiger partial charge in [0.2, 0.25) is 29.4 Å². The first-order chi connectivity index (χ1) is 26.1. The van der Waals surface area contributed by atoms with Crippen molar-refractivity contribution in [2.24, 2.45) is 11.3 Å². The summed E-state index contributed by atoms with van der Waals surface area (Å²) in [6.45, 7) is 12.0. The lowest BCUT2D eigenvalue weighted by molar-refractivity contribution is -0.145. The van der Waals surface area contributed by atoms with Crippen molar-refractivity contribution in [3.05, 3.63) is 24.3 Å². The van der Waals surface area contributed by atoms with Crippen molar-refractivity contribution in [1.29, 1.82) is 0 Å². The monoisotopic (exact) mass is 765 g/mol. The van der Waals surface area contributed by atoms with E-state index in [1.807, 2.05) is 46.4 Å². The summed E-state index contributed by atoms with van der Waals surface area (Å²) in [6.07, 6.45) is 10.8. The van der Waals surface area contributed by atoms with Crippen LogP contribution in [-0.4, -0.2) is 128 Å². The summed E-state index contributed by atoms with van der Waals surface area (Å²) in [5.41, 5.74) is -1.81. The number of hydrogen-bond donors (Lipinski definition) is 4. The van der Waals surface area contributed by atoms with Gasteiger partial charge in [-0.25, -0.2) is 4.98 Å². The Kier molecular flexibility index (Phi) is 13.3. The molecule has 4 fully saturated rings. The predicted molar refractivity (Wildman–Crippen MR) is 202 cm³/mol. The topological polar surface area (TPSA) is 203 Å². The van der Waals surface area contributed by atoms with Gasteiger partial charge in [-0.3, -0.25) is 43.4 Å². The van der Waals surface area contributed by atoms with Crippen molar-refractivity contribution in [2.45, 2.75) is 142 Å². The van der Waals surface area contributed by atoms with Crippen molar-refractivity contribution >= 4 is 41.2 Å². The average Bonchev–Trinajstić information content (AvgIpc) is 3.83. The number of nitrogens with one attached hydrogen (secondary N) is 4. The van der Waals surface area contributed by atoms with Crippen LogP contribution in [0.25, 0.3) is 0 Å². The summed E-state index contributed by atoms with van der Waals surface area (Å²) in [5, 5.41) is 11.4. The van der Waals surface area contributed by atoms with E-state index in [1.54, 1.807) is 4.90 Å². The second-order valence-electron chi connectivity index (χ2n) is 16.5. The molecule has 2 aliphatic heterocycles. The standard InChI is InChI=1S/C39H59N9O7/c1-7-13-26(31(50)36(54)42-25-16-17-25)43-34(52)28-20-39(46(8-2)22-29(49)48(39)9-3)23-47(28)37(55)32(38(4,5)6)45-35(53)30(24-14-11-10-12-15-24)44-33(51)27-21-40-18-19-41-27/h18-19,21,24-26,28,30,32H,7-17,20,22-23H2,1-6H3,(H,42,54)(H,43,52)(H,44,51)(H,45,53)/t26?,28-,30-,32+,39-/m0/s1. The summed E-state index contributed by atoms with van der Waals surface area (Å²) in [7, 11) is 0. The maximum Gasteiger partial charge on any atom is 0.289 e. The quantitative estimate of drug-likeness (QED) is 0.189. The molecule has 5 rings (SSSR count). The second-order valence-corrected chi connectivity index (χ2v) is 16.5. The number of Topliss-reactive ketones (excluding diaryl/α,β-unsaturated/α-hetero) is 1. The number of ketones is 1. The van der Waals surface area contributed by atoms with Crippen LogP contribution in [0, 0.1) is 11.3 Å². The van der Waals surface area contributed by atoms with Crippen LogP contribution in [0.15, 0.2) is 18.6 Å². The van der Waals surface area contributed by atoms with Gasteiger partial charge in [0.1, 0.15) is 29.5 Å². The number of amides is 6. The van der Waals surface area contributed by atoms with Gasteiger partial charge in [0.15, 0.2) is 0 Å². The largest absolute Gasteiger partial charge is 0.347 e. The van der Waals surface area contributed by atoms with Gasteiger partial charge in [-0.2, -0.15) is 0 Å². The average molecular weight is 766 g/mol. The Morgan fingerprint density at radius 2 is 1.64 bits per heavy atom. The van der Waals surface area contributed by atoms with E-state index < -0.39 is 70.6 Å². The van der Waals surface area contributed by atoms with E-state index in [-0.39, 0.29) is 49.5 Å². The molecule has 1 unspecified atom stereocenters. The van der Waals surface area contributed by atoms with E-state index >= 15 is 4.79 Å². The highest BCUT2D eigenvalue weighted by Crippen LogP contribution is 2.41. The lowest BCUT2D eigenvalue weighted by atomic mass is 9.82. The number of likely N-dealkylation sites (tertiary alicyclic amines) is 1. The van der Waals surface area contributed by atoms with E-state index in [1.165, 1.54) is 23.5 Å². The van der Waals surface area contributed by atoms with Crippen LogP contribution in [0.2, 0.25) is 0 Å². The molecule has 3 heterocycles. The molecule has 1 spiro atoms. The summed E-state index contributed by atoms with van der Waals surface area (Å²) < 4.78 is 0. The fraction of sp³-hybridized carbons (Fsp3) is 0.718. The highest BCUT2D eigenvalue weighted by Gasteiger charge is 2.60. The first-order valence-corrected chi connectivity index (χ1v) is 20.0. The fourth-order valence-corrected chi connectivity index (χ4v) is 8.44. The zero-order chi connectivity index (χ0) is 40.1. The second kappa shape index (κ2) is 17.5. The van der Waals surface area contributed by atoms with E-state index in [4.69, 9.17) is 0 Å². The molecule has 302 valence electrons. The van der Waals surface area contributed by atoms with Crippen molar-refractivity contribution in [3.8, 4) is 0 Å². The first kappa shape index (κ1) is 41.7. The number of nitrogens with zero attached hydrogens (tertiary/aromatic N) is 5. The Morgan fingerprint density at radius 1 is 0.927 bits per heavy atom. The van der Waals surface area contributed by atoms with Crippen molar-refractivity contribution in [1.82, 2.24) is 45.9 Å². The van der Waals surface area contributed by atoms with Gasteiger partial charge in [-0.05, 0) is 56.9 Å². The number of rotatable bonds is 15. The molecule has 2 aliphatic carbocycles. The number of carbonyl (C=O) groups is 7. The summed E-state index contributed by atoms with van der Waals surface area (Å²) in [6, 6.07) is -4.39. The maximum absolute atomic E-state index is 15.1. The molecule has 0 radical (unpaired) electrons. The van der Waals surface area contributed by atoms with Crippen LogP contribution in [0.3, 0.4) is 0 Å². The number of hydrogen-bond acceptors (Lipinski definition) is 10. The van der Waals surface area contributed by atoms with Gasteiger partial charge >= 0.3 is 0 Å². The molecule has 16 heteroatoms. The minimum atomic E-state index is -1.15. The Morgan fingerprint density at radius 3 is 2.22 bits per heavy atom. The third kappa shape index (κ3) is 9.33. The zero-order valence-electron chi connectivity index (χ0n) is 33.2. The molecule has 2 saturated heterocycles. The number of aromatic nitrogens is 2. The van der Waals surface area contributed by atoms with Gasteiger partial charge in [0.05, 0.1) is 25.3 Å². The smallest absolute Gasteiger partial charge is 0.289 e. The van der Waals surface area contributed by atoms with Gasteiger partial charge in [0, 0.05) is 31.4 Å². The Bertz CT molecular complexity index is 1610. The Hall–Kier alpha value is -4.47. The van der Waals surface area contributed by atoms with Crippen LogP contribution in [-0.2, 0) is 28.8 Å². The van der Waals surface area contributed by atoms with E-state index in [9.17, 15) is 28.8 Å². The zero-order valence-corrected chi connectivity index (χ0v) is 33.2. The highest BCUT2D eigenvalue weighted by atomic mass is 16.2. The molecule has 1 aromatic rings. The van der Waals surface area contributed by atoms with Gasteiger partial charge in [-0.15, -0.1) is 0 Å². The number of likely N-dealkylation sites (N-methyl/N-ethyl adjacent to an activating group) is 2.